The van der Waals surface area contributed by atoms with E-state index in [1.807, 2.05) is 10.9 Å². The Balaban J connectivity index is 2.13. The van der Waals surface area contributed by atoms with Crippen molar-refractivity contribution in [1.82, 2.24) is 9.78 Å². The maximum absolute atomic E-state index is 9.48. The van der Waals surface area contributed by atoms with Gasteiger partial charge >= 0.3 is 0 Å². The molecule has 2 aromatic rings. The lowest BCUT2D eigenvalue weighted by Gasteiger charge is -2.09. The first-order chi connectivity index (χ1) is 9.10. The molecule has 0 aliphatic rings. The van der Waals surface area contributed by atoms with Crippen molar-refractivity contribution < 1.29 is 9.84 Å². The van der Waals surface area contributed by atoms with Crippen molar-refractivity contribution in [3.63, 3.8) is 0 Å². The molecule has 102 valence electrons. The topological polar surface area (TPSA) is 47.3 Å². The molecule has 5 heteroatoms. The van der Waals surface area contributed by atoms with Gasteiger partial charge in [0.2, 0.25) is 0 Å². The third kappa shape index (κ3) is 3.49. The first-order valence-corrected chi connectivity index (χ1v) is 6.65. The number of halogens is 1. The number of nitrogens with zero attached hydrogens (tertiary/aromatic N) is 2. The summed E-state index contributed by atoms with van der Waals surface area (Å²) in [6, 6.07) is 5.25. The summed E-state index contributed by atoms with van der Waals surface area (Å²) in [5.41, 5.74) is 0.763. The summed E-state index contributed by atoms with van der Waals surface area (Å²) in [5.74, 6) is 1.21. The minimum atomic E-state index is -0.543. The molecule has 0 aliphatic carbocycles. The summed E-state index contributed by atoms with van der Waals surface area (Å²) in [4.78, 5) is 0. The maximum atomic E-state index is 9.48. The molecule has 0 radical (unpaired) electrons. The van der Waals surface area contributed by atoms with Crippen LogP contribution in [0.4, 0.5) is 0 Å². The monoisotopic (exact) mass is 280 g/mol. The Morgan fingerprint density at radius 1 is 1.47 bits per heavy atom. The van der Waals surface area contributed by atoms with Crippen molar-refractivity contribution in [3.8, 4) is 11.5 Å². The molecule has 1 heterocycles. The summed E-state index contributed by atoms with van der Waals surface area (Å²) >= 11 is 6.13. The molecule has 0 aliphatic heterocycles. The number of aryl methyl sites for hydroxylation is 1. The van der Waals surface area contributed by atoms with Crippen LogP contribution in [0.15, 0.2) is 30.6 Å². The molecule has 19 heavy (non-hydrogen) atoms. The Morgan fingerprint density at radius 3 is 2.89 bits per heavy atom. The number of hydrogen-bond acceptors (Lipinski definition) is 3. The fraction of sp³-hybridized carbons (Fsp3) is 0.357. The van der Waals surface area contributed by atoms with Crippen molar-refractivity contribution in [2.75, 3.05) is 0 Å². The zero-order valence-electron chi connectivity index (χ0n) is 11.0. The molecule has 2 rings (SSSR count). The quantitative estimate of drug-likeness (QED) is 0.906. The van der Waals surface area contributed by atoms with Gasteiger partial charge in [0.25, 0.3) is 0 Å². The largest absolute Gasteiger partial charge is 0.452 e. The van der Waals surface area contributed by atoms with E-state index >= 15 is 0 Å². The van der Waals surface area contributed by atoms with E-state index in [2.05, 4.69) is 12.0 Å². The van der Waals surface area contributed by atoms with Crippen LogP contribution in [0.5, 0.6) is 11.5 Å². The van der Waals surface area contributed by atoms with Crippen LogP contribution in [-0.2, 0) is 6.54 Å². The lowest BCUT2D eigenvalue weighted by Crippen LogP contribution is -1.95. The summed E-state index contributed by atoms with van der Waals surface area (Å²) in [6.45, 7) is 4.65. The number of aliphatic hydroxyl groups is 1. The van der Waals surface area contributed by atoms with Crippen LogP contribution in [0.25, 0.3) is 0 Å². The van der Waals surface area contributed by atoms with E-state index < -0.39 is 6.10 Å². The molecule has 1 atom stereocenters. The van der Waals surface area contributed by atoms with Gasteiger partial charge < -0.3 is 9.84 Å². The zero-order chi connectivity index (χ0) is 13.8. The molecule has 0 saturated heterocycles. The van der Waals surface area contributed by atoms with E-state index in [0.717, 1.165) is 18.5 Å². The van der Waals surface area contributed by atoms with Crippen LogP contribution in [0, 0.1) is 0 Å². The van der Waals surface area contributed by atoms with E-state index in [1.54, 1.807) is 31.3 Å². The van der Waals surface area contributed by atoms with Crippen LogP contribution in [-0.4, -0.2) is 14.9 Å². The van der Waals surface area contributed by atoms with Gasteiger partial charge in [-0.2, -0.15) is 5.10 Å². The molecule has 0 fully saturated rings. The number of hydrogen-bond donors (Lipinski definition) is 1. The number of aromatic nitrogens is 2. The first kappa shape index (κ1) is 13.9. The van der Waals surface area contributed by atoms with Gasteiger partial charge in [0.05, 0.1) is 23.5 Å². The first-order valence-electron chi connectivity index (χ1n) is 6.28. The normalized spacial score (nSPS) is 12.4. The Labute approximate surface area is 117 Å². The lowest BCUT2D eigenvalue weighted by molar-refractivity contribution is 0.199. The number of benzene rings is 1. The third-order valence-corrected chi connectivity index (χ3v) is 3.02. The van der Waals surface area contributed by atoms with Gasteiger partial charge in [0.1, 0.15) is 5.75 Å². The number of ether oxygens (including phenoxy) is 1. The zero-order valence-corrected chi connectivity index (χ0v) is 11.8. The van der Waals surface area contributed by atoms with Crippen LogP contribution in [0.1, 0.15) is 31.9 Å². The second-order valence-electron chi connectivity index (χ2n) is 4.41. The van der Waals surface area contributed by atoms with Crippen LogP contribution in [0.2, 0.25) is 5.02 Å². The smallest absolute Gasteiger partial charge is 0.165 e. The molecule has 4 nitrogen and oxygen atoms in total. The van der Waals surface area contributed by atoms with Gasteiger partial charge in [-0.25, -0.2) is 0 Å². The fourth-order valence-electron chi connectivity index (χ4n) is 1.74. The summed E-state index contributed by atoms with van der Waals surface area (Å²) in [6.07, 6.45) is 3.97. The molecule has 1 N–H and O–H groups in total. The number of aliphatic hydroxyl groups excluding tert-OH is 1. The highest BCUT2D eigenvalue weighted by atomic mass is 35.5. The van der Waals surface area contributed by atoms with Gasteiger partial charge in [-0.1, -0.05) is 24.6 Å². The van der Waals surface area contributed by atoms with Crippen LogP contribution < -0.4 is 4.74 Å². The van der Waals surface area contributed by atoms with Gasteiger partial charge in [-0.15, -0.1) is 0 Å². The maximum Gasteiger partial charge on any atom is 0.165 e. The van der Waals surface area contributed by atoms with Gasteiger partial charge in [0, 0.05) is 6.54 Å². The Bertz CT molecular complexity index is 552. The van der Waals surface area contributed by atoms with Crippen LogP contribution in [0.3, 0.4) is 0 Å². The molecule has 1 aromatic carbocycles. The van der Waals surface area contributed by atoms with Gasteiger partial charge in [0.15, 0.2) is 5.75 Å². The van der Waals surface area contributed by atoms with E-state index in [0.29, 0.717) is 16.5 Å². The summed E-state index contributed by atoms with van der Waals surface area (Å²) < 4.78 is 7.50. The molecular weight excluding hydrogens is 264 g/mol. The Hall–Kier alpha value is -1.52. The van der Waals surface area contributed by atoms with Gasteiger partial charge in [-0.3, -0.25) is 4.68 Å². The molecule has 0 amide bonds. The second kappa shape index (κ2) is 6.08. The van der Waals surface area contributed by atoms with Crippen molar-refractivity contribution in [1.29, 1.82) is 0 Å². The minimum absolute atomic E-state index is 0.474. The molecule has 0 saturated carbocycles. The van der Waals surface area contributed by atoms with Crippen molar-refractivity contribution >= 4 is 11.6 Å². The van der Waals surface area contributed by atoms with E-state index in [9.17, 15) is 5.11 Å². The second-order valence-corrected chi connectivity index (χ2v) is 4.81. The fourth-order valence-corrected chi connectivity index (χ4v) is 1.96. The average Bonchev–Trinajstić information content (AvgIpc) is 2.79. The number of rotatable bonds is 5. The third-order valence-electron chi connectivity index (χ3n) is 2.73. The van der Waals surface area contributed by atoms with E-state index in [-0.39, 0.29) is 0 Å². The van der Waals surface area contributed by atoms with Gasteiger partial charge in [-0.05, 0) is 31.0 Å². The molecule has 1 aromatic heterocycles. The summed E-state index contributed by atoms with van der Waals surface area (Å²) in [7, 11) is 0. The van der Waals surface area contributed by atoms with E-state index in [4.69, 9.17) is 16.3 Å². The highest BCUT2D eigenvalue weighted by Gasteiger charge is 2.08. The lowest BCUT2D eigenvalue weighted by atomic mass is 10.1. The standard InChI is InChI=1S/C14H17ClN2O2/c1-3-6-17-9-12(8-16-17)19-14-5-4-11(10(2)18)7-13(14)15/h4-5,7-10,18H,3,6H2,1-2H3. The minimum Gasteiger partial charge on any atom is -0.452 e. The Kier molecular flexibility index (Phi) is 4.45. The van der Waals surface area contributed by atoms with Crippen molar-refractivity contribution in [2.24, 2.45) is 0 Å². The van der Waals surface area contributed by atoms with E-state index in [1.165, 1.54) is 0 Å². The molecule has 1 unspecified atom stereocenters. The van der Waals surface area contributed by atoms with Crippen LogP contribution >= 0.6 is 11.6 Å². The highest BCUT2D eigenvalue weighted by Crippen LogP contribution is 2.31. The SMILES string of the molecule is CCCn1cc(Oc2ccc(C(C)O)cc2Cl)cn1. The molecular formula is C14H17ClN2O2. The Morgan fingerprint density at radius 2 is 2.26 bits per heavy atom. The molecule has 0 spiro atoms. The molecule has 0 bridgehead atoms. The highest BCUT2D eigenvalue weighted by molar-refractivity contribution is 6.32. The summed E-state index contributed by atoms with van der Waals surface area (Å²) in [5, 5.41) is 14.1. The van der Waals surface area contributed by atoms with Crippen molar-refractivity contribution in [3.05, 3.63) is 41.2 Å². The predicted molar refractivity (Wildman–Crippen MR) is 74.7 cm³/mol. The average molecular weight is 281 g/mol. The predicted octanol–water partition coefficient (Wildman–Crippen LogP) is 3.79. The van der Waals surface area contributed by atoms with Crippen molar-refractivity contribution in [2.45, 2.75) is 32.9 Å².